The first-order valence-corrected chi connectivity index (χ1v) is 6.52. The summed E-state index contributed by atoms with van der Waals surface area (Å²) in [6.45, 7) is 4.95. The number of hydrogen-bond acceptors (Lipinski definition) is 3. The van der Waals surface area contributed by atoms with E-state index in [0.717, 1.165) is 15.5 Å². The molecule has 1 aliphatic carbocycles. The summed E-state index contributed by atoms with van der Waals surface area (Å²) >= 11 is 5.36. The number of thiazole rings is 1. The van der Waals surface area contributed by atoms with E-state index in [9.17, 15) is 0 Å². The van der Waals surface area contributed by atoms with Crippen LogP contribution in [0.1, 0.15) is 42.5 Å². The fraction of sp³-hybridized carbons (Fsp3) is 0.700. The highest BCUT2D eigenvalue weighted by molar-refractivity contribution is 9.10. The Morgan fingerprint density at radius 1 is 1.57 bits per heavy atom. The molecular weight excluding hydrogens is 260 g/mol. The summed E-state index contributed by atoms with van der Waals surface area (Å²) in [7, 11) is 0. The lowest BCUT2D eigenvalue weighted by Gasteiger charge is -2.18. The Hall–Kier alpha value is 0.0700. The van der Waals surface area contributed by atoms with Gasteiger partial charge < -0.3 is 5.73 Å². The van der Waals surface area contributed by atoms with Gasteiger partial charge in [-0.2, -0.15) is 0 Å². The van der Waals surface area contributed by atoms with Crippen molar-refractivity contribution in [2.24, 2.45) is 5.73 Å². The van der Waals surface area contributed by atoms with Crippen LogP contribution in [0.3, 0.4) is 0 Å². The SMILES string of the molecule is CC(C)(CN)c1nc(Br)c(C2CC2)s1. The lowest BCUT2D eigenvalue weighted by molar-refractivity contribution is 0.534. The van der Waals surface area contributed by atoms with Gasteiger partial charge in [-0.05, 0) is 34.7 Å². The standard InChI is InChI=1S/C10H15BrN2S/c1-10(2,5-12)9-13-8(11)7(14-9)6-3-4-6/h6H,3-5,12H2,1-2H3. The Bertz CT molecular complexity index is 342. The van der Waals surface area contributed by atoms with Gasteiger partial charge in [0.1, 0.15) is 9.61 Å². The average molecular weight is 275 g/mol. The molecule has 2 N–H and O–H groups in total. The van der Waals surface area contributed by atoms with E-state index in [0.29, 0.717) is 6.54 Å². The minimum absolute atomic E-state index is 0.0142. The van der Waals surface area contributed by atoms with Gasteiger partial charge in [0.05, 0.1) is 0 Å². The van der Waals surface area contributed by atoms with E-state index in [1.807, 2.05) is 11.3 Å². The molecule has 78 valence electrons. The normalized spacial score (nSPS) is 17.4. The molecule has 4 heteroatoms. The molecular formula is C10H15BrN2S. The molecule has 0 aromatic carbocycles. The number of rotatable bonds is 3. The van der Waals surface area contributed by atoms with Crippen molar-refractivity contribution in [3.8, 4) is 0 Å². The summed E-state index contributed by atoms with van der Waals surface area (Å²) in [5.74, 6) is 0.768. The Morgan fingerprint density at radius 3 is 2.71 bits per heavy atom. The molecule has 0 amide bonds. The number of nitrogens with two attached hydrogens (primary N) is 1. The third kappa shape index (κ3) is 1.88. The van der Waals surface area contributed by atoms with Crippen LogP contribution in [0.25, 0.3) is 0 Å². The van der Waals surface area contributed by atoms with Crippen molar-refractivity contribution >= 4 is 27.3 Å². The first-order chi connectivity index (χ1) is 6.54. The zero-order valence-electron chi connectivity index (χ0n) is 8.51. The van der Waals surface area contributed by atoms with Crippen LogP contribution in [0, 0.1) is 0 Å². The predicted octanol–water partition coefficient (Wildman–Crippen LogP) is 3.02. The Balaban J connectivity index is 2.31. The fourth-order valence-electron chi connectivity index (χ4n) is 1.29. The molecule has 1 aromatic rings. The molecule has 2 nitrogen and oxygen atoms in total. The molecule has 0 spiro atoms. The fourth-order valence-corrected chi connectivity index (χ4v) is 3.39. The molecule has 14 heavy (non-hydrogen) atoms. The Kier molecular flexibility index (Phi) is 2.70. The second-order valence-corrected chi connectivity index (χ2v) is 6.32. The van der Waals surface area contributed by atoms with Gasteiger partial charge in [0.25, 0.3) is 0 Å². The highest BCUT2D eigenvalue weighted by Crippen LogP contribution is 2.47. The van der Waals surface area contributed by atoms with Gasteiger partial charge in [0.15, 0.2) is 0 Å². The topological polar surface area (TPSA) is 38.9 Å². The first-order valence-electron chi connectivity index (χ1n) is 4.91. The summed E-state index contributed by atoms with van der Waals surface area (Å²) < 4.78 is 1.04. The number of hydrogen-bond donors (Lipinski definition) is 1. The Morgan fingerprint density at radius 2 is 2.21 bits per heavy atom. The van der Waals surface area contributed by atoms with E-state index in [2.05, 4.69) is 34.8 Å². The van der Waals surface area contributed by atoms with Crippen LogP contribution in [0.4, 0.5) is 0 Å². The monoisotopic (exact) mass is 274 g/mol. The molecule has 0 saturated heterocycles. The van der Waals surface area contributed by atoms with Crippen molar-refractivity contribution in [1.29, 1.82) is 0 Å². The van der Waals surface area contributed by atoms with E-state index in [4.69, 9.17) is 5.73 Å². The van der Waals surface area contributed by atoms with Gasteiger partial charge in [-0.3, -0.25) is 0 Å². The second-order valence-electron chi connectivity index (χ2n) is 4.54. The molecule has 0 radical (unpaired) electrons. The molecule has 1 aliphatic rings. The van der Waals surface area contributed by atoms with Gasteiger partial charge in [0.2, 0.25) is 0 Å². The quantitative estimate of drug-likeness (QED) is 0.921. The molecule has 1 heterocycles. The minimum Gasteiger partial charge on any atom is -0.330 e. The van der Waals surface area contributed by atoms with Crippen LogP contribution in [0.15, 0.2) is 4.60 Å². The molecule has 2 rings (SSSR count). The van der Waals surface area contributed by atoms with Crippen LogP contribution < -0.4 is 5.73 Å². The maximum absolute atomic E-state index is 5.74. The second kappa shape index (κ2) is 3.58. The number of nitrogens with zero attached hydrogens (tertiary/aromatic N) is 1. The van der Waals surface area contributed by atoms with Gasteiger partial charge in [0, 0.05) is 16.8 Å². The van der Waals surface area contributed by atoms with Crippen LogP contribution in [0.2, 0.25) is 0 Å². The zero-order valence-corrected chi connectivity index (χ0v) is 10.9. The third-order valence-corrected chi connectivity index (χ3v) is 5.10. The van der Waals surface area contributed by atoms with Crippen molar-refractivity contribution in [3.63, 3.8) is 0 Å². The van der Waals surface area contributed by atoms with Crippen molar-refractivity contribution < 1.29 is 0 Å². The van der Waals surface area contributed by atoms with Gasteiger partial charge in [-0.25, -0.2) is 4.98 Å². The first kappa shape index (κ1) is 10.6. The van der Waals surface area contributed by atoms with Gasteiger partial charge in [-0.15, -0.1) is 11.3 Å². The number of halogens is 1. The lowest BCUT2D eigenvalue weighted by atomic mass is 9.95. The highest BCUT2D eigenvalue weighted by Gasteiger charge is 2.31. The summed E-state index contributed by atoms with van der Waals surface area (Å²) in [5, 5.41) is 1.16. The molecule has 1 saturated carbocycles. The smallest absolute Gasteiger partial charge is 0.120 e. The Labute approximate surface area is 97.0 Å². The molecule has 0 atom stereocenters. The summed E-state index contributed by atoms with van der Waals surface area (Å²) in [4.78, 5) is 5.99. The van der Waals surface area contributed by atoms with Crippen molar-refractivity contribution in [1.82, 2.24) is 4.98 Å². The molecule has 0 aliphatic heterocycles. The molecule has 1 aromatic heterocycles. The van der Waals surface area contributed by atoms with E-state index >= 15 is 0 Å². The lowest BCUT2D eigenvalue weighted by Crippen LogP contribution is -2.27. The molecule has 0 bridgehead atoms. The van der Waals surface area contributed by atoms with Gasteiger partial charge in [-0.1, -0.05) is 13.8 Å². The maximum Gasteiger partial charge on any atom is 0.120 e. The molecule has 1 fully saturated rings. The van der Waals surface area contributed by atoms with Crippen molar-refractivity contribution in [2.45, 2.75) is 38.0 Å². The summed E-state index contributed by atoms with van der Waals surface area (Å²) in [5.41, 5.74) is 5.75. The predicted molar refractivity (Wildman–Crippen MR) is 63.9 cm³/mol. The van der Waals surface area contributed by atoms with E-state index < -0.39 is 0 Å². The van der Waals surface area contributed by atoms with E-state index in [1.54, 1.807) is 0 Å². The van der Waals surface area contributed by atoms with Crippen LogP contribution in [-0.4, -0.2) is 11.5 Å². The van der Waals surface area contributed by atoms with E-state index in [1.165, 1.54) is 17.7 Å². The van der Waals surface area contributed by atoms with Gasteiger partial charge >= 0.3 is 0 Å². The van der Waals surface area contributed by atoms with E-state index in [-0.39, 0.29) is 5.41 Å². The minimum atomic E-state index is 0.0142. The molecule has 0 unspecified atom stereocenters. The summed E-state index contributed by atoms with van der Waals surface area (Å²) in [6.07, 6.45) is 2.65. The average Bonchev–Trinajstić information content (AvgIpc) is 2.90. The van der Waals surface area contributed by atoms with Crippen molar-refractivity contribution in [3.05, 3.63) is 14.5 Å². The zero-order chi connectivity index (χ0) is 10.3. The number of aromatic nitrogens is 1. The largest absolute Gasteiger partial charge is 0.330 e. The third-order valence-electron chi connectivity index (χ3n) is 2.65. The van der Waals surface area contributed by atoms with Crippen molar-refractivity contribution in [2.75, 3.05) is 6.54 Å². The maximum atomic E-state index is 5.74. The summed E-state index contributed by atoms with van der Waals surface area (Å²) in [6, 6.07) is 0. The van der Waals surface area contributed by atoms with Crippen LogP contribution >= 0.6 is 27.3 Å². The van der Waals surface area contributed by atoms with Crippen LogP contribution in [0.5, 0.6) is 0 Å². The van der Waals surface area contributed by atoms with Crippen LogP contribution in [-0.2, 0) is 5.41 Å². The highest BCUT2D eigenvalue weighted by atomic mass is 79.9.